The first kappa shape index (κ1) is 21.1. The maximum atomic E-state index is 13.4. The van der Waals surface area contributed by atoms with Crippen LogP contribution in [0.15, 0.2) is 39.5 Å². The van der Waals surface area contributed by atoms with E-state index in [1.807, 2.05) is 6.92 Å². The molecule has 0 bridgehead atoms. The van der Waals surface area contributed by atoms with Gasteiger partial charge in [-0.25, -0.2) is 13.8 Å². The molecule has 3 N–H and O–H groups in total. The van der Waals surface area contributed by atoms with Gasteiger partial charge in [0.2, 0.25) is 0 Å². The van der Waals surface area contributed by atoms with Crippen LogP contribution < -0.4 is 11.1 Å². The number of rotatable bonds is 6. The number of carbonyl (C=O) groups excluding carboxylic acids is 2. The maximum absolute atomic E-state index is 13.4. The lowest BCUT2D eigenvalue weighted by Gasteiger charge is -2.10. The first-order chi connectivity index (χ1) is 14.8. The van der Waals surface area contributed by atoms with Crippen LogP contribution in [0, 0.1) is 0 Å². The molecule has 31 heavy (non-hydrogen) atoms. The molecule has 0 saturated carbocycles. The molecule has 2 amide bonds. The Morgan fingerprint density at radius 2 is 2.19 bits per heavy atom. The van der Waals surface area contributed by atoms with E-state index in [4.69, 9.17) is 10.2 Å². The molecule has 0 aliphatic heterocycles. The summed E-state index contributed by atoms with van der Waals surface area (Å²) in [5.74, 6) is -1.11. The van der Waals surface area contributed by atoms with Crippen LogP contribution in [-0.2, 0) is 6.54 Å². The van der Waals surface area contributed by atoms with Gasteiger partial charge in [-0.15, -0.1) is 11.3 Å². The van der Waals surface area contributed by atoms with Crippen molar-refractivity contribution >= 4 is 55.0 Å². The summed E-state index contributed by atoms with van der Waals surface area (Å²) in [5, 5.41) is 7.08. The standard InChI is InChI=1S/C19H14BrF2N5O3S/c1-2-27-14(9(20)7-24-27)18(29)26-13-12-8(11-4-3-5-30-11)6-10(16(21)22)25-19(12)31-15(13)17(23)28/h3-7,16H,2H2,1H3,(H2,23,28)(H,26,29). The number of aryl methyl sites for hydroxylation is 1. The predicted octanol–water partition coefficient (Wildman–Crippen LogP) is 4.82. The Bertz CT molecular complexity index is 1300. The quantitative estimate of drug-likeness (QED) is 0.386. The Balaban J connectivity index is 1.95. The number of nitrogens with zero attached hydrogens (tertiary/aromatic N) is 3. The van der Waals surface area contributed by atoms with Gasteiger partial charge in [0, 0.05) is 17.5 Å². The monoisotopic (exact) mass is 509 g/mol. The minimum atomic E-state index is -2.84. The fourth-order valence-corrected chi connectivity index (χ4v) is 4.64. The molecular formula is C19H14BrF2N5O3S. The summed E-state index contributed by atoms with van der Waals surface area (Å²) < 4.78 is 34.2. The van der Waals surface area contributed by atoms with Gasteiger partial charge in [-0.05, 0) is 41.1 Å². The van der Waals surface area contributed by atoms with Crippen LogP contribution in [0.5, 0.6) is 0 Å². The highest BCUT2D eigenvalue weighted by Crippen LogP contribution is 2.42. The number of hydrogen-bond acceptors (Lipinski definition) is 6. The summed E-state index contributed by atoms with van der Waals surface area (Å²) in [6, 6.07) is 4.35. The van der Waals surface area contributed by atoms with Crippen molar-refractivity contribution in [2.75, 3.05) is 5.32 Å². The summed E-state index contributed by atoms with van der Waals surface area (Å²) in [5.41, 5.74) is 5.60. The molecule has 0 spiro atoms. The highest BCUT2D eigenvalue weighted by Gasteiger charge is 2.27. The molecule has 12 heteroatoms. The average Bonchev–Trinajstić information content (AvgIpc) is 3.45. The van der Waals surface area contributed by atoms with E-state index in [2.05, 4.69) is 31.3 Å². The van der Waals surface area contributed by atoms with E-state index in [1.165, 1.54) is 23.2 Å². The Morgan fingerprint density at radius 1 is 1.42 bits per heavy atom. The molecule has 0 radical (unpaired) electrons. The van der Waals surface area contributed by atoms with E-state index in [0.717, 1.165) is 11.3 Å². The first-order valence-corrected chi connectivity index (χ1v) is 10.5. The number of thiophene rings is 1. The van der Waals surface area contributed by atoms with Crippen molar-refractivity contribution in [2.45, 2.75) is 19.9 Å². The molecule has 0 atom stereocenters. The van der Waals surface area contributed by atoms with Crippen LogP contribution in [0.1, 0.15) is 39.2 Å². The number of furan rings is 1. The van der Waals surface area contributed by atoms with Crippen molar-refractivity contribution in [1.29, 1.82) is 0 Å². The lowest BCUT2D eigenvalue weighted by molar-refractivity contribution is 0.100. The van der Waals surface area contributed by atoms with Gasteiger partial charge in [0.05, 0.1) is 22.6 Å². The van der Waals surface area contributed by atoms with Crippen molar-refractivity contribution in [2.24, 2.45) is 5.73 Å². The molecule has 4 heterocycles. The second kappa shape index (κ2) is 8.19. The van der Waals surface area contributed by atoms with Gasteiger partial charge in [-0.3, -0.25) is 14.3 Å². The zero-order valence-electron chi connectivity index (χ0n) is 15.9. The highest BCUT2D eigenvalue weighted by atomic mass is 79.9. The van der Waals surface area contributed by atoms with E-state index in [-0.39, 0.29) is 37.8 Å². The number of carbonyl (C=O) groups is 2. The second-order valence-electron chi connectivity index (χ2n) is 6.33. The molecule has 4 aromatic rings. The number of primary amides is 1. The zero-order chi connectivity index (χ0) is 22.3. The molecule has 0 aliphatic carbocycles. The summed E-state index contributed by atoms with van der Waals surface area (Å²) in [6.07, 6.45) is 0.0227. The minimum absolute atomic E-state index is 0.0197. The maximum Gasteiger partial charge on any atom is 0.280 e. The molecule has 0 aromatic carbocycles. The predicted molar refractivity (Wildman–Crippen MR) is 114 cm³/mol. The number of halogens is 3. The number of aromatic nitrogens is 3. The molecule has 0 aliphatic rings. The van der Waals surface area contributed by atoms with Crippen LogP contribution in [0.25, 0.3) is 21.5 Å². The van der Waals surface area contributed by atoms with Crippen molar-refractivity contribution in [3.63, 3.8) is 0 Å². The third-order valence-electron chi connectivity index (χ3n) is 4.46. The van der Waals surface area contributed by atoms with E-state index >= 15 is 0 Å². The van der Waals surface area contributed by atoms with E-state index in [1.54, 1.807) is 12.1 Å². The Morgan fingerprint density at radius 3 is 2.81 bits per heavy atom. The van der Waals surface area contributed by atoms with E-state index < -0.39 is 23.9 Å². The Hall–Kier alpha value is -3.12. The Labute approximate surface area is 186 Å². The lowest BCUT2D eigenvalue weighted by atomic mass is 10.1. The molecule has 4 aromatic heterocycles. The van der Waals surface area contributed by atoms with Crippen molar-refractivity contribution < 1.29 is 22.8 Å². The molecular weight excluding hydrogens is 496 g/mol. The highest BCUT2D eigenvalue weighted by molar-refractivity contribution is 9.10. The van der Waals surface area contributed by atoms with Crippen LogP contribution in [-0.4, -0.2) is 26.6 Å². The molecule has 0 unspecified atom stereocenters. The second-order valence-corrected chi connectivity index (χ2v) is 8.19. The van der Waals surface area contributed by atoms with Gasteiger partial charge in [-0.1, -0.05) is 0 Å². The number of alkyl halides is 2. The number of pyridine rings is 1. The number of amides is 2. The van der Waals surface area contributed by atoms with Gasteiger partial charge in [0.15, 0.2) is 0 Å². The molecule has 0 saturated heterocycles. The molecule has 160 valence electrons. The van der Waals surface area contributed by atoms with Gasteiger partial charge in [-0.2, -0.15) is 5.10 Å². The third kappa shape index (κ3) is 3.72. The Kier molecular flexibility index (Phi) is 5.58. The molecule has 0 fully saturated rings. The summed E-state index contributed by atoms with van der Waals surface area (Å²) in [7, 11) is 0. The van der Waals surface area contributed by atoms with Gasteiger partial charge < -0.3 is 15.5 Å². The zero-order valence-corrected chi connectivity index (χ0v) is 18.3. The number of anilines is 1. The minimum Gasteiger partial charge on any atom is -0.464 e. The third-order valence-corrected chi connectivity index (χ3v) is 6.14. The lowest BCUT2D eigenvalue weighted by Crippen LogP contribution is -2.20. The normalized spacial score (nSPS) is 11.4. The van der Waals surface area contributed by atoms with Gasteiger partial charge in [0.1, 0.15) is 26.9 Å². The van der Waals surface area contributed by atoms with Crippen LogP contribution >= 0.6 is 27.3 Å². The SMILES string of the molecule is CCn1ncc(Br)c1C(=O)Nc1c(C(N)=O)sc2nc(C(F)F)cc(-c3ccco3)c12. The number of hydrogen-bond donors (Lipinski definition) is 2. The fourth-order valence-electron chi connectivity index (χ4n) is 3.15. The smallest absolute Gasteiger partial charge is 0.280 e. The summed E-state index contributed by atoms with van der Waals surface area (Å²) in [6.45, 7) is 2.24. The first-order valence-electron chi connectivity index (χ1n) is 8.93. The number of nitrogens with two attached hydrogens (primary N) is 1. The van der Waals surface area contributed by atoms with Crippen LogP contribution in [0.2, 0.25) is 0 Å². The van der Waals surface area contributed by atoms with Crippen LogP contribution in [0.4, 0.5) is 14.5 Å². The summed E-state index contributed by atoms with van der Waals surface area (Å²) in [4.78, 5) is 29.2. The van der Waals surface area contributed by atoms with E-state index in [0.29, 0.717) is 11.0 Å². The van der Waals surface area contributed by atoms with Crippen molar-refractivity contribution in [3.8, 4) is 11.3 Å². The molecule has 4 rings (SSSR count). The largest absolute Gasteiger partial charge is 0.464 e. The van der Waals surface area contributed by atoms with Gasteiger partial charge in [0.25, 0.3) is 18.2 Å². The van der Waals surface area contributed by atoms with Gasteiger partial charge >= 0.3 is 0 Å². The topological polar surface area (TPSA) is 116 Å². The van der Waals surface area contributed by atoms with Crippen molar-refractivity contribution in [1.82, 2.24) is 14.8 Å². The number of fused-ring (bicyclic) bond motifs is 1. The summed E-state index contributed by atoms with van der Waals surface area (Å²) >= 11 is 4.11. The molecule has 8 nitrogen and oxygen atoms in total. The fraction of sp³-hybridized carbons (Fsp3) is 0.158. The number of nitrogens with one attached hydrogen (secondary N) is 1. The average molecular weight is 510 g/mol. The van der Waals surface area contributed by atoms with E-state index in [9.17, 15) is 18.4 Å². The van der Waals surface area contributed by atoms with Crippen molar-refractivity contribution in [3.05, 3.63) is 51.4 Å². The van der Waals surface area contributed by atoms with Crippen LogP contribution in [0.3, 0.4) is 0 Å².